The Morgan fingerprint density at radius 3 is 2.62 bits per heavy atom. The first-order valence-corrected chi connectivity index (χ1v) is 5.77. The predicted octanol–water partition coefficient (Wildman–Crippen LogP) is 3.08. The summed E-state index contributed by atoms with van der Waals surface area (Å²) in [5, 5.41) is 0. The Balaban J connectivity index is 2.33. The second-order valence-electron chi connectivity index (χ2n) is 4.48. The van der Waals surface area contributed by atoms with Crippen LogP contribution in [0.5, 0.6) is 0 Å². The molecule has 0 saturated heterocycles. The normalized spacial score (nSPS) is 22.9. The highest BCUT2D eigenvalue weighted by Crippen LogP contribution is 2.54. The van der Waals surface area contributed by atoms with Gasteiger partial charge in [0.1, 0.15) is 11.6 Å². The van der Waals surface area contributed by atoms with Gasteiger partial charge in [-0.1, -0.05) is 13.8 Å². The molecule has 1 fully saturated rings. The zero-order valence-electron chi connectivity index (χ0n) is 9.66. The van der Waals surface area contributed by atoms with Crippen LogP contribution in [0.4, 0.5) is 4.39 Å². The summed E-state index contributed by atoms with van der Waals surface area (Å²) in [6, 6.07) is 1.50. The van der Waals surface area contributed by atoms with Crippen molar-refractivity contribution in [3.8, 4) is 0 Å². The monoisotopic (exact) mass is 221 g/mol. The summed E-state index contributed by atoms with van der Waals surface area (Å²) >= 11 is 0. The van der Waals surface area contributed by atoms with Crippen molar-refractivity contribution in [2.75, 3.05) is 0 Å². The number of ketones is 1. The van der Waals surface area contributed by atoms with Crippen molar-refractivity contribution in [1.82, 2.24) is 4.98 Å². The predicted molar refractivity (Wildman–Crippen MR) is 59.6 cm³/mol. The summed E-state index contributed by atoms with van der Waals surface area (Å²) < 4.78 is 13.1. The lowest BCUT2D eigenvalue weighted by Crippen LogP contribution is -2.47. The summed E-state index contributed by atoms with van der Waals surface area (Å²) in [5.74, 6) is 0.142. The van der Waals surface area contributed by atoms with Crippen LogP contribution >= 0.6 is 0 Å². The molecule has 2 rings (SSSR count). The quantitative estimate of drug-likeness (QED) is 0.785. The third kappa shape index (κ3) is 1.46. The van der Waals surface area contributed by atoms with Crippen LogP contribution in [-0.2, 0) is 4.79 Å². The molecule has 1 saturated carbocycles. The van der Waals surface area contributed by atoms with Crippen LogP contribution in [0.1, 0.15) is 44.6 Å². The maximum atomic E-state index is 13.1. The Bertz CT molecular complexity index is 412. The maximum Gasteiger partial charge on any atom is 0.141 e. The smallest absolute Gasteiger partial charge is 0.141 e. The van der Waals surface area contributed by atoms with E-state index in [9.17, 15) is 9.18 Å². The number of aromatic nitrogens is 1. The van der Waals surface area contributed by atoms with Crippen LogP contribution in [0.3, 0.4) is 0 Å². The lowest BCUT2D eigenvalue weighted by molar-refractivity contribution is -0.141. The van der Waals surface area contributed by atoms with Crippen LogP contribution in [0, 0.1) is 11.2 Å². The molecule has 1 aliphatic rings. The van der Waals surface area contributed by atoms with Crippen molar-refractivity contribution in [3.05, 3.63) is 29.8 Å². The van der Waals surface area contributed by atoms with E-state index < -0.39 is 0 Å². The highest BCUT2D eigenvalue weighted by atomic mass is 19.1. The Labute approximate surface area is 94.9 Å². The third-order valence-electron chi connectivity index (χ3n) is 4.00. The van der Waals surface area contributed by atoms with Gasteiger partial charge in [-0.05, 0) is 24.5 Å². The molecule has 1 unspecified atom stereocenters. The average Bonchev–Trinajstić information content (AvgIpc) is 2.27. The van der Waals surface area contributed by atoms with E-state index in [0.717, 1.165) is 18.4 Å². The first kappa shape index (κ1) is 11.2. The molecule has 0 aliphatic heterocycles. The number of rotatable bonds is 3. The molecule has 0 N–H and O–H groups in total. The number of nitrogens with zero attached hydrogens (tertiary/aromatic N) is 1. The largest absolute Gasteiger partial charge is 0.299 e. The van der Waals surface area contributed by atoms with Crippen LogP contribution in [0.25, 0.3) is 0 Å². The van der Waals surface area contributed by atoms with Gasteiger partial charge in [-0.15, -0.1) is 0 Å². The second-order valence-corrected chi connectivity index (χ2v) is 4.48. The summed E-state index contributed by atoms with van der Waals surface area (Å²) in [7, 11) is 0. The van der Waals surface area contributed by atoms with E-state index in [-0.39, 0.29) is 17.2 Å². The van der Waals surface area contributed by atoms with Gasteiger partial charge in [0, 0.05) is 24.0 Å². The van der Waals surface area contributed by atoms with Crippen LogP contribution in [0.15, 0.2) is 18.5 Å². The van der Waals surface area contributed by atoms with E-state index in [2.05, 4.69) is 4.98 Å². The van der Waals surface area contributed by atoms with Crippen LogP contribution in [0.2, 0.25) is 0 Å². The lowest BCUT2D eigenvalue weighted by Gasteiger charge is -2.47. The number of carbonyl (C=O) groups excluding carboxylic acids is 1. The number of hydrogen-bond acceptors (Lipinski definition) is 2. The minimum absolute atomic E-state index is 0.151. The third-order valence-corrected chi connectivity index (χ3v) is 4.00. The van der Waals surface area contributed by atoms with E-state index in [1.165, 1.54) is 12.3 Å². The topological polar surface area (TPSA) is 30.0 Å². The molecule has 0 bridgehead atoms. The van der Waals surface area contributed by atoms with E-state index in [1.807, 2.05) is 13.8 Å². The summed E-state index contributed by atoms with van der Waals surface area (Å²) in [4.78, 5) is 15.6. The molecular weight excluding hydrogens is 205 g/mol. The molecule has 0 radical (unpaired) electrons. The van der Waals surface area contributed by atoms with Crippen molar-refractivity contribution < 1.29 is 9.18 Å². The van der Waals surface area contributed by atoms with Gasteiger partial charge in [-0.25, -0.2) is 4.39 Å². The maximum absolute atomic E-state index is 13.1. The highest BCUT2D eigenvalue weighted by molar-refractivity contribution is 5.93. The molecule has 86 valence electrons. The second kappa shape index (κ2) is 3.96. The van der Waals surface area contributed by atoms with Gasteiger partial charge >= 0.3 is 0 Å². The zero-order valence-corrected chi connectivity index (χ0v) is 9.66. The van der Waals surface area contributed by atoms with E-state index in [1.54, 1.807) is 6.20 Å². The number of hydrogen-bond donors (Lipinski definition) is 0. The van der Waals surface area contributed by atoms with Gasteiger partial charge in [0.15, 0.2) is 0 Å². The Morgan fingerprint density at radius 2 is 2.12 bits per heavy atom. The molecule has 0 amide bonds. The minimum Gasteiger partial charge on any atom is -0.299 e. The molecule has 1 aromatic heterocycles. The van der Waals surface area contributed by atoms with Gasteiger partial charge < -0.3 is 0 Å². The Morgan fingerprint density at radius 1 is 1.44 bits per heavy atom. The van der Waals surface area contributed by atoms with Gasteiger partial charge in [0.25, 0.3) is 0 Å². The number of carbonyl (C=O) groups is 1. The van der Waals surface area contributed by atoms with Gasteiger partial charge in [-0.2, -0.15) is 0 Å². The lowest BCUT2D eigenvalue weighted by atomic mass is 9.54. The summed E-state index contributed by atoms with van der Waals surface area (Å²) in [6.45, 7) is 4.06. The molecular formula is C13H16FNO. The average molecular weight is 221 g/mol. The SMILES string of the molecule is CCC1(CC)C(=O)CC1c1cncc(F)c1. The first-order valence-electron chi connectivity index (χ1n) is 5.77. The fourth-order valence-electron chi connectivity index (χ4n) is 2.84. The van der Waals surface area contributed by atoms with Gasteiger partial charge in [-0.3, -0.25) is 9.78 Å². The van der Waals surface area contributed by atoms with Gasteiger partial charge in [0.05, 0.1) is 6.20 Å². The molecule has 0 spiro atoms. The molecule has 1 aromatic rings. The molecule has 0 aromatic carbocycles. The van der Waals surface area contributed by atoms with Crippen LogP contribution < -0.4 is 0 Å². The Hall–Kier alpha value is -1.25. The van der Waals surface area contributed by atoms with Crippen molar-refractivity contribution in [2.24, 2.45) is 5.41 Å². The zero-order chi connectivity index (χ0) is 11.8. The fraction of sp³-hybridized carbons (Fsp3) is 0.538. The molecule has 3 heteroatoms. The fourth-order valence-corrected chi connectivity index (χ4v) is 2.84. The van der Waals surface area contributed by atoms with Gasteiger partial charge in [0.2, 0.25) is 0 Å². The standard InChI is InChI=1S/C13H16FNO/c1-3-13(4-2)11(6-12(13)16)9-5-10(14)8-15-7-9/h5,7-8,11H,3-4,6H2,1-2H3. The molecule has 1 atom stereocenters. The molecule has 2 nitrogen and oxygen atoms in total. The van der Waals surface area contributed by atoms with Crippen LogP contribution in [-0.4, -0.2) is 10.8 Å². The van der Waals surface area contributed by atoms with Crippen molar-refractivity contribution in [2.45, 2.75) is 39.0 Å². The number of halogens is 1. The molecule has 1 aliphatic carbocycles. The Kier molecular flexibility index (Phi) is 2.78. The van der Waals surface area contributed by atoms with E-state index in [0.29, 0.717) is 12.2 Å². The van der Waals surface area contributed by atoms with E-state index in [4.69, 9.17) is 0 Å². The number of pyridine rings is 1. The first-order chi connectivity index (χ1) is 7.64. The van der Waals surface area contributed by atoms with E-state index >= 15 is 0 Å². The van der Waals surface area contributed by atoms with Crippen molar-refractivity contribution >= 4 is 5.78 Å². The number of Topliss-reactive ketones (excluding diaryl/α,β-unsaturated/α-hetero) is 1. The van der Waals surface area contributed by atoms with Crippen molar-refractivity contribution in [3.63, 3.8) is 0 Å². The molecule has 16 heavy (non-hydrogen) atoms. The van der Waals surface area contributed by atoms with Crippen molar-refractivity contribution in [1.29, 1.82) is 0 Å². The summed E-state index contributed by atoms with van der Waals surface area (Å²) in [5.41, 5.74) is 0.596. The minimum atomic E-state index is -0.321. The molecule has 1 heterocycles. The highest BCUT2D eigenvalue weighted by Gasteiger charge is 2.52. The summed E-state index contributed by atoms with van der Waals surface area (Å²) in [6.07, 6.45) is 5.06.